The van der Waals surface area contributed by atoms with Gasteiger partial charge in [-0.2, -0.15) is 0 Å². The molecular formula is C25H21FN4O3S2. The average molecular weight is 509 g/mol. The number of thiophene rings is 1. The summed E-state index contributed by atoms with van der Waals surface area (Å²) in [5.74, 6) is -0.664. The number of fused-ring (bicyclic) bond motifs is 1. The first kappa shape index (κ1) is 24.2. The van der Waals surface area contributed by atoms with Crippen molar-refractivity contribution >= 4 is 56.4 Å². The summed E-state index contributed by atoms with van der Waals surface area (Å²) in [7, 11) is 3.34. The van der Waals surface area contributed by atoms with Crippen LogP contribution in [0.15, 0.2) is 66.9 Å². The summed E-state index contributed by atoms with van der Waals surface area (Å²) in [5.41, 5.74) is 1.80. The number of hydrogen-bond acceptors (Lipinski definition) is 6. The molecule has 0 aliphatic heterocycles. The van der Waals surface area contributed by atoms with Crippen LogP contribution in [0.4, 0.5) is 10.1 Å². The molecule has 0 atom stereocenters. The fourth-order valence-corrected chi connectivity index (χ4v) is 4.53. The molecule has 0 spiro atoms. The van der Waals surface area contributed by atoms with Crippen molar-refractivity contribution in [2.75, 3.05) is 19.4 Å². The van der Waals surface area contributed by atoms with E-state index in [2.05, 4.69) is 15.6 Å². The molecule has 0 radical (unpaired) electrons. The van der Waals surface area contributed by atoms with Crippen LogP contribution < -0.4 is 15.4 Å². The minimum atomic E-state index is -0.625. The van der Waals surface area contributed by atoms with Gasteiger partial charge in [0.2, 0.25) is 5.91 Å². The quantitative estimate of drug-likeness (QED) is 0.357. The smallest absolute Gasteiger partial charge is 0.263 e. The van der Waals surface area contributed by atoms with Crippen molar-refractivity contribution in [3.8, 4) is 11.5 Å². The molecule has 10 heteroatoms. The Morgan fingerprint density at radius 1 is 1.09 bits per heavy atom. The second kappa shape index (κ2) is 10.6. The van der Waals surface area contributed by atoms with Gasteiger partial charge in [-0.1, -0.05) is 30.3 Å². The van der Waals surface area contributed by atoms with Crippen molar-refractivity contribution < 1.29 is 18.7 Å². The van der Waals surface area contributed by atoms with Gasteiger partial charge in [0, 0.05) is 38.1 Å². The molecule has 0 unspecified atom stereocenters. The number of nitrogens with one attached hydrogen (secondary N) is 2. The van der Waals surface area contributed by atoms with E-state index in [1.54, 1.807) is 38.5 Å². The van der Waals surface area contributed by atoms with Crippen LogP contribution in [0.25, 0.3) is 10.2 Å². The van der Waals surface area contributed by atoms with Gasteiger partial charge in [0.1, 0.15) is 5.75 Å². The van der Waals surface area contributed by atoms with Gasteiger partial charge >= 0.3 is 0 Å². The van der Waals surface area contributed by atoms with E-state index < -0.39 is 5.82 Å². The molecule has 35 heavy (non-hydrogen) atoms. The Bertz CT molecular complexity index is 1410. The van der Waals surface area contributed by atoms with Crippen LogP contribution >= 0.6 is 23.6 Å². The van der Waals surface area contributed by atoms with Gasteiger partial charge in [-0.3, -0.25) is 14.6 Å². The Labute approximate surface area is 210 Å². The van der Waals surface area contributed by atoms with Crippen LogP contribution in [0.3, 0.4) is 0 Å². The maximum absolute atomic E-state index is 14.8. The lowest BCUT2D eigenvalue weighted by Crippen LogP contribution is -2.35. The summed E-state index contributed by atoms with van der Waals surface area (Å²) < 4.78 is 21.3. The first-order valence-electron chi connectivity index (χ1n) is 10.5. The molecule has 0 aliphatic carbocycles. The summed E-state index contributed by atoms with van der Waals surface area (Å²) >= 11 is 6.40. The van der Waals surface area contributed by atoms with E-state index in [9.17, 15) is 14.0 Å². The Morgan fingerprint density at radius 2 is 1.86 bits per heavy atom. The fourth-order valence-electron chi connectivity index (χ4n) is 3.22. The molecule has 0 aliphatic rings. The predicted molar refractivity (Wildman–Crippen MR) is 139 cm³/mol. The predicted octanol–water partition coefficient (Wildman–Crippen LogP) is 4.99. The number of carbonyl (C=O) groups is 2. The summed E-state index contributed by atoms with van der Waals surface area (Å²) in [5, 5.41) is 5.44. The summed E-state index contributed by atoms with van der Waals surface area (Å²) in [6.45, 7) is 0. The Kier molecular flexibility index (Phi) is 7.33. The molecular weight excluding hydrogens is 487 g/mol. The summed E-state index contributed by atoms with van der Waals surface area (Å²) in [6, 6.07) is 16.8. The molecule has 4 rings (SSSR count). The molecule has 178 valence electrons. The molecule has 2 aromatic heterocycles. The molecule has 0 saturated carbocycles. The second-order valence-electron chi connectivity index (χ2n) is 7.75. The molecule has 0 bridgehead atoms. The number of halogens is 1. The van der Waals surface area contributed by atoms with Gasteiger partial charge in [0.05, 0.1) is 21.5 Å². The highest BCUT2D eigenvalue weighted by Crippen LogP contribution is 2.36. The third-order valence-corrected chi connectivity index (χ3v) is 6.19. The number of ether oxygens (including phenoxy) is 1. The van der Waals surface area contributed by atoms with Gasteiger partial charge in [-0.15, -0.1) is 11.3 Å². The van der Waals surface area contributed by atoms with Crippen molar-refractivity contribution in [3.63, 3.8) is 0 Å². The van der Waals surface area contributed by atoms with E-state index in [4.69, 9.17) is 17.0 Å². The highest BCUT2D eigenvalue weighted by Gasteiger charge is 2.17. The van der Waals surface area contributed by atoms with Crippen LogP contribution in [-0.2, 0) is 11.2 Å². The Hall–Kier alpha value is -3.89. The van der Waals surface area contributed by atoms with Crippen LogP contribution in [0.2, 0.25) is 0 Å². The minimum Gasteiger partial charge on any atom is -0.453 e. The lowest BCUT2D eigenvalue weighted by molar-refractivity contribution is -0.119. The van der Waals surface area contributed by atoms with Crippen molar-refractivity contribution in [2.45, 2.75) is 6.42 Å². The minimum absolute atomic E-state index is 0.00373. The lowest BCUT2D eigenvalue weighted by atomic mass is 10.1. The zero-order valence-corrected chi connectivity index (χ0v) is 20.5. The zero-order chi connectivity index (χ0) is 24.9. The van der Waals surface area contributed by atoms with Crippen molar-refractivity contribution in [1.82, 2.24) is 15.2 Å². The van der Waals surface area contributed by atoms with Gasteiger partial charge in [-0.25, -0.2) is 4.39 Å². The third-order valence-electron chi connectivity index (χ3n) is 4.86. The van der Waals surface area contributed by atoms with Gasteiger partial charge in [0.25, 0.3) is 5.91 Å². The first-order valence-corrected chi connectivity index (χ1v) is 11.7. The van der Waals surface area contributed by atoms with Crippen molar-refractivity contribution in [1.29, 1.82) is 0 Å². The van der Waals surface area contributed by atoms with E-state index >= 15 is 0 Å². The van der Waals surface area contributed by atoms with E-state index in [1.807, 2.05) is 30.3 Å². The fraction of sp³-hybridized carbons (Fsp3) is 0.120. The second-order valence-corrected chi connectivity index (χ2v) is 9.21. The third kappa shape index (κ3) is 5.97. The Balaban J connectivity index is 1.43. The maximum Gasteiger partial charge on any atom is 0.263 e. The molecule has 4 aromatic rings. The van der Waals surface area contributed by atoms with E-state index in [-0.39, 0.29) is 29.1 Å². The summed E-state index contributed by atoms with van der Waals surface area (Å²) in [6.07, 6.45) is 1.72. The number of rotatable bonds is 6. The molecule has 2 N–H and O–H groups in total. The van der Waals surface area contributed by atoms with Crippen LogP contribution in [-0.4, -0.2) is 40.9 Å². The number of pyridine rings is 1. The molecule has 2 heterocycles. The van der Waals surface area contributed by atoms with Gasteiger partial charge in [-0.05, 0) is 36.0 Å². The van der Waals surface area contributed by atoms with E-state index in [0.717, 1.165) is 5.56 Å². The van der Waals surface area contributed by atoms with Crippen LogP contribution in [0.5, 0.6) is 11.5 Å². The number of anilines is 1. The molecule has 7 nitrogen and oxygen atoms in total. The monoisotopic (exact) mass is 508 g/mol. The zero-order valence-electron chi connectivity index (χ0n) is 18.9. The van der Waals surface area contributed by atoms with Gasteiger partial charge < -0.3 is 20.3 Å². The van der Waals surface area contributed by atoms with Crippen molar-refractivity contribution in [2.24, 2.45) is 0 Å². The maximum atomic E-state index is 14.8. The number of aromatic nitrogens is 1. The van der Waals surface area contributed by atoms with Gasteiger partial charge in [0.15, 0.2) is 16.7 Å². The number of carbonyl (C=O) groups excluding carboxylic acids is 2. The SMILES string of the molecule is CN(C)C(=O)c1cc2nccc(Oc3ccc(NC(=S)NC(=O)Cc4ccccc4)cc3F)c2s1. The van der Waals surface area contributed by atoms with Crippen LogP contribution in [0.1, 0.15) is 15.2 Å². The lowest BCUT2D eigenvalue weighted by Gasteiger charge is -2.12. The highest BCUT2D eigenvalue weighted by molar-refractivity contribution is 7.80. The molecule has 2 aromatic carbocycles. The molecule has 0 saturated heterocycles. The normalized spacial score (nSPS) is 10.6. The number of benzene rings is 2. The standard InChI is InChI=1S/C25H21FN4O3S2/c1-30(2)24(32)21-14-18-23(35-21)20(10-11-27-18)33-19-9-8-16(13-17(19)26)28-25(34)29-22(31)12-15-6-4-3-5-7-15/h3-11,13-14H,12H2,1-2H3,(H2,28,29,31,34). The number of nitrogens with zero attached hydrogens (tertiary/aromatic N) is 2. The van der Waals surface area contributed by atoms with Crippen molar-refractivity contribution in [3.05, 3.63) is 83.1 Å². The largest absolute Gasteiger partial charge is 0.453 e. The van der Waals surface area contributed by atoms with E-state index in [1.165, 1.54) is 28.4 Å². The molecule has 2 amide bonds. The first-order chi connectivity index (χ1) is 16.8. The van der Waals surface area contributed by atoms with Crippen LogP contribution in [0, 0.1) is 5.82 Å². The average Bonchev–Trinajstić information content (AvgIpc) is 3.26. The molecule has 0 fully saturated rings. The topological polar surface area (TPSA) is 83.6 Å². The number of amides is 2. The number of hydrogen-bond donors (Lipinski definition) is 2. The summed E-state index contributed by atoms with van der Waals surface area (Å²) in [4.78, 5) is 30.7. The van der Waals surface area contributed by atoms with E-state index in [0.29, 0.717) is 26.5 Å². The highest BCUT2D eigenvalue weighted by atomic mass is 32.1. The Morgan fingerprint density at radius 3 is 2.57 bits per heavy atom. The number of thiocarbonyl (C=S) groups is 1.